The Balaban J connectivity index is 1.05. The summed E-state index contributed by atoms with van der Waals surface area (Å²) < 4.78 is 0. The van der Waals surface area contributed by atoms with Gasteiger partial charge in [-0.25, -0.2) is 0 Å². The largest absolute Gasteiger partial charge is 0.310 e. The zero-order chi connectivity index (χ0) is 40.6. The summed E-state index contributed by atoms with van der Waals surface area (Å²) in [4.78, 5) is 5.02. The van der Waals surface area contributed by atoms with Crippen LogP contribution in [-0.2, 0) is 5.41 Å². The maximum absolute atomic E-state index is 2.75. The Hall–Kier alpha value is -7.72. The number of nitrogens with zero attached hydrogens (tertiary/aromatic N) is 2. The van der Waals surface area contributed by atoms with Gasteiger partial charge in [-0.15, -0.1) is 0 Å². The fourth-order valence-electron chi connectivity index (χ4n) is 12.2. The van der Waals surface area contributed by atoms with Gasteiger partial charge in [0, 0.05) is 11.4 Å². The third kappa shape index (κ3) is 4.09. The SMILES string of the molecule is c1ccc(N2c3ccccc3C3(c4ccccc42)c2ccccc2N(c2ccc4c(c2)[Si]2(c5ccccc5-4)c4ccccc4-c4c2ccc2ccccc42)c2ccccc23)cc1. The molecule has 0 aromatic heterocycles. The lowest BCUT2D eigenvalue weighted by Gasteiger charge is -2.51. The number of para-hydroxylation sites is 5. The molecule has 0 fully saturated rings. The Morgan fingerprint density at radius 2 is 0.774 bits per heavy atom. The van der Waals surface area contributed by atoms with Crippen LogP contribution in [0.3, 0.4) is 0 Å². The molecule has 2 nitrogen and oxygen atoms in total. The van der Waals surface area contributed by atoms with Crippen LogP contribution >= 0.6 is 0 Å². The fraction of sp³-hybridized carbons (Fsp3) is 0.0169. The highest BCUT2D eigenvalue weighted by Gasteiger charge is 2.55. The lowest BCUT2D eigenvalue weighted by Crippen LogP contribution is -2.70. The third-order valence-corrected chi connectivity index (χ3v) is 19.4. The summed E-state index contributed by atoms with van der Waals surface area (Å²) in [6.45, 7) is 0. The predicted octanol–water partition coefficient (Wildman–Crippen LogP) is 12.1. The highest BCUT2D eigenvalue weighted by molar-refractivity contribution is 7.24. The van der Waals surface area contributed by atoms with Crippen LogP contribution in [0, 0.1) is 0 Å². The summed E-state index contributed by atoms with van der Waals surface area (Å²) in [5.41, 5.74) is 17.2. The first-order valence-corrected chi connectivity index (χ1v) is 23.7. The van der Waals surface area contributed by atoms with Crippen molar-refractivity contribution in [2.24, 2.45) is 0 Å². The van der Waals surface area contributed by atoms with Crippen LogP contribution in [0.2, 0.25) is 0 Å². The van der Waals surface area contributed by atoms with Crippen molar-refractivity contribution in [3.63, 3.8) is 0 Å². The van der Waals surface area contributed by atoms with Gasteiger partial charge < -0.3 is 9.80 Å². The van der Waals surface area contributed by atoms with Crippen molar-refractivity contribution in [2.45, 2.75) is 5.41 Å². The Bertz CT molecular complexity index is 3420. The highest BCUT2D eigenvalue weighted by Crippen LogP contribution is 2.64. The van der Waals surface area contributed by atoms with Crippen molar-refractivity contribution in [1.29, 1.82) is 0 Å². The quantitative estimate of drug-likeness (QED) is 0.161. The molecule has 0 radical (unpaired) electrons. The van der Waals surface area contributed by atoms with Crippen molar-refractivity contribution >= 4 is 73.7 Å². The van der Waals surface area contributed by atoms with Crippen LogP contribution in [0.5, 0.6) is 0 Å². The molecule has 0 amide bonds. The Labute approximate surface area is 362 Å². The van der Waals surface area contributed by atoms with E-state index >= 15 is 0 Å². The molecule has 4 aliphatic rings. The summed E-state index contributed by atoms with van der Waals surface area (Å²) in [6, 6.07) is 87.2. The first-order chi connectivity index (χ1) is 30.8. The monoisotopic (exact) mass is 802 g/mol. The van der Waals surface area contributed by atoms with Gasteiger partial charge in [0.2, 0.25) is 0 Å². The number of benzene rings is 10. The van der Waals surface area contributed by atoms with Crippen LogP contribution in [-0.4, -0.2) is 8.07 Å². The van der Waals surface area contributed by atoms with Gasteiger partial charge in [0.25, 0.3) is 0 Å². The predicted molar refractivity (Wildman–Crippen MR) is 260 cm³/mol. The van der Waals surface area contributed by atoms with Crippen LogP contribution in [0.25, 0.3) is 33.0 Å². The van der Waals surface area contributed by atoms with E-state index in [9.17, 15) is 0 Å². The van der Waals surface area contributed by atoms with Gasteiger partial charge >= 0.3 is 0 Å². The van der Waals surface area contributed by atoms with Crippen molar-refractivity contribution in [2.75, 3.05) is 9.80 Å². The van der Waals surface area contributed by atoms with E-state index in [0.717, 1.165) is 5.69 Å². The zero-order valence-electron chi connectivity index (χ0n) is 33.8. The van der Waals surface area contributed by atoms with E-state index in [2.05, 4.69) is 240 Å². The van der Waals surface area contributed by atoms with Crippen molar-refractivity contribution < 1.29 is 0 Å². The lowest BCUT2D eigenvalue weighted by molar-refractivity contribution is 0.719. The van der Waals surface area contributed by atoms with Crippen LogP contribution in [0.15, 0.2) is 231 Å². The molecule has 0 aliphatic carbocycles. The van der Waals surface area contributed by atoms with Crippen molar-refractivity contribution in [1.82, 2.24) is 0 Å². The second-order valence-electron chi connectivity index (χ2n) is 17.1. The Morgan fingerprint density at radius 1 is 0.306 bits per heavy atom. The third-order valence-electron chi connectivity index (χ3n) is 14.4. The number of rotatable bonds is 2. The number of hydrogen-bond donors (Lipinski definition) is 0. The molecule has 62 heavy (non-hydrogen) atoms. The standard InChI is InChI=1S/C59H38N2Si/c1-2-19-40(20-3-1)60-50-28-12-8-24-46(50)59(47-25-9-13-29-51(47)60)48-26-10-14-30-52(48)61(53-31-15-11-27-49(53)59)41-35-36-44-43-22-6-16-32-54(43)62(57(44)38-41)55-33-17-7-23-45(55)58-42-21-5-4-18-39(42)34-37-56(58)62/h1-38H. The molecule has 10 aromatic carbocycles. The molecule has 4 aliphatic heterocycles. The molecule has 2 spiro atoms. The maximum Gasteiger partial charge on any atom is 0.182 e. The average Bonchev–Trinajstić information content (AvgIpc) is 3.81. The number of hydrogen-bond acceptors (Lipinski definition) is 2. The molecule has 0 N–H and O–H groups in total. The maximum atomic E-state index is 2.59. The Kier molecular flexibility index (Phi) is 6.82. The van der Waals surface area contributed by atoms with Gasteiger partial charge in [-0.1, -0.05) is 182 Å². The molecule has 10 aromatic rings. The van der Waals surface area contributed by atoms with Gasteiger partial charge in [-0.2, -0.15) is 0 Å². The molecule has 288 valence electrons. The second kappa shape index (κ2) is 12.4. The molecule has 0 saturated heterocycles. The topological polar surface area (TPSA) is 6.48 Å². The van der Waals surface area contributed by atoms with E-state index in [1.165, 1.54) is 104 Å². The van der Waals surface area contributed by atoms with Crippen LogP contribution < -0.4 is 30.5 Å². The van der Waals surface area contributed by atoms with Gasteiger partial charge in [-0.05, 0) is 125 Å². The smallest absolute Gasteiger partial charge is 0.182 e. The first-order valence-electron chi connectivity index (χ1n) is 21.7. The average molecular weight is 803 g/mol. The lowest BCUT2D eigenvalue weighted by atomic mass is 9.60. The van der Waals surface area contributed by atoms with Crippen molar-refractivity contribution in [3.05, 3.63) is 253 Å². The van der Waals surface area contributed by atoms with Crippen LogP contribution in [0.1, 0.15) is 22.3 Å². The molecular formula is C59H38N2Si. The van der Waals surface area contributed by atoms with Crippen molar-refractivity contribution in [3.8, 4) is 22.3 Å². The summed E-state index contributed by atoms with van der Waals surface area (Å²) in [5, 5.41) is 8.58. The van der Waals surface area contributed by atoms with E-state index in [-0.39, 0.29) is 0 Å². The molecule has 14 rings (SSSR count). The minimum atomic E-state index is -2.75. The molecule has 1 atom stereocenters. The van der Waals surface area contributed by atoms with E-state index < -0.39 is 13.5 Å². The van der Waals surface area contributed by atoms with E-state index in [1.807, 2.05) is 0 Å². The van der Waals surface area contributed by atoms with Gasteiger partial charge in [-0.3, -0.25) is 0 Å². The molecule has 0 saturated carbocycles. The van der Waals surface area contributed by atoms with Gasteiger partial charge in [0.05, 0.1) is 28.2 Å². The minimum absolute atomic E-state index is 0.574. The van der Waals surface area contributed by atoms with E-state index in [1.54, 1.807) is 0 Å². The normalized spacial score (nSPS) is 16.5. The summed E-state index contributed by atoms with van der Waals surface area (Å²) >= 11 is 0. The molecule has 1 unspecified atom stereocenters. The van der Waals surface area contributed by atoms with Gasteiger partial charge in [0.15, 0.2) is 8.07 Å². The summed E-state index contributed by atoms with van der Waals surface area (Å²) in [5.74, 6) is 0. The molecule has 4 heterocycles. The van der Waals surface area contributed by atoms with Crippen LogP contribution in [0.4, 0.5) is 34.1 Å². The van der Waals surface area contributed by atoms with Gasteiger partial charge in [0.1, 0.15) is 0 Å². The summed E-state index contributed by atoms with van der Waals surface area (Å²) in [7, 11) is -2.75. The molecular weight excluding hydrogens is 765 g/mol. The minimum Gasteiger partial charge on any atom is -0.310 e. The molecule has 0 bridgehead atoms. The first kappa shape index (κ1) is 34.0. The number of fused-ring (bicyclic) bond motifs is 20. The number of anilines is 6. The molecule has 3 heteroatoms. The second-order valence-corrected chi connectivity index (χ2v) is 20.8. The highest BCUT2D eigenvalue weighted by atomic mass is 28.3. The Morgan fingerprint density at radius 3 is 1.40 bits per heavy atom. The van der Waals surface area contributed by atoms with E-state index in [0.29, 0.717) is 0 Å². The van der Waals surface area contributed by atoms with E-state index in [4.69, 9.17) is 0 Å². The summed E-state index contributed by atoms with van der Waals surface area (Å²) in [6.07, 6.45) is 0. The zero-order valence-corrected chi connectivity index (χ0v) is 34.8. The fourth-order valence-corrected chi connectivity index (χ4v) is 17.9.